The monoisotopic (exact) mass is 282 g/mol. The summed E-state index contributed by atoms with van der Waals surface area (Å²) in [5.74, 6) is 0. The Kier molecular flexibility index (Phi) is 3.62. The molecule has 0 saturated heterocycles. The second-order valence-electron chi connectivity index (χ2n) is 6.82. The summed E-state index contributed by atoms with van der Waals surface area (Å²) < 4.78 is 0. The van der Waals surface area contributed by atoms with E-state index in [0.717, 1.165) is 0 Å². The quantitative estimate of drug-likeness (QED) is 0.714. The van der Waals surface area contributed by atoms with Gasteiger partial charge in [0.1, 0.15) is 0 Å². The lowest BCUT2D eigenvalue weighted by Gasteiger charge is -2.34. The average Bonchev–Trinajstić information content (AvgIpc) is 2.68. The Labute approximate surface area is 128 Å². The van der Waals surface area contributed by atoms with Gasteiger partial charge in [0.25, 0.3) is 0 Å². The number of nitrogens with one attached hydrogen (secondary N) is 1. The average molecular weight is 282 g/mol. The molecule has 2 aliphatic heterocycles. The summed E-state index contributed by atoms with van der Waals surface area (Å²) in [6.45, 7) is 1.20. The summed E-state index contributed by atoms with van der Waals surface area (Å²) >= 11 is 0. The van der Waals surface area contributed by atoms with Gasteiger partial charge in [0.15, 0.2) is 0 Å². The first kappa shape index (κ1) is 13.2. The molecule has 3 aliphatic rings. The van der Waals surface area contributed by atoms with Crippen molar-refractivity contribution >= 4 is 11.4 Å². The first-order chi connectivity index (χ1) is 10.4. The van der Waals surface area contributed by atoms with Gasteiger partial charge in [-0.1, -0.05) is 37.0 Å². The van der Waals surface area contributed by atoms with Crippen molar-refractivity contribution in [1.82, 2.24) is 0 Å². The third kappa shape index (κ3) is 2.56. The van der Waals surface area contributed by atoms with Gasteiger partial charge in [-0.3, -0.25) is 0 Å². The van der Waals surface area contributed by atoms with Gasteiger partial charge in [-0.05, 0) is 44.2 Å². The molecule has 0 spiro atoms. The number of hydrogen-bond donors (Lipinski definition) is 1. The minimum Gasteiger partial charge on any atom is -0.380 e. The van der Waals surface area contributed by atoms with E-state index in [-0.39, 0.29) is 0 Å². The maximum Gasteiger partial charge on any atom is 0.0644 e. The maximum absolute atomic E-state index is 3.84. The number of benzene rings is 1. The Bertz CT molecular complexity index is 546. The molecule has 0 amide bonds. The molecule has 1 atom stereocenters. The fourth-order valence-electron chi connectivity index (χ4n) is 4.30. The highest BCUT2D eigenvalue weighted by Gasteiger charge is 2.28. The third-order valence-corrected chi connectivity index (χ3v) is 5.37. The van der Waals surface area contributed by atoms with E-state index >= 15 is 0 Å². The van der Waals surface area contributed by atoms with Crippen LogP contribution in [0, 0.1) is 0 Å². The zero-order valence-electron chi connectivity index (χ0n) is 12.9. The van der Waals surface area contributed by atoms with Crippen molar-refractivity contribution in [1.29, 1.82) is 0 Å². The van der Waals surface area contributed by atoms with Gasteiger partial charge in [0.2, 0.25) is 0 Å². The summed E-state index contributed by atoms with van der Waals surface area (Å²) in [4.78, 5) is 2.63. The highest BCUT2D eigenvalue weighted by molar-refractivity contribution is 5.74. The fourth-order valence-corrected chi connectivity index (χ4v) is 4.30. The van der Waals surface area contributed by atoms with Crippen molar-refractivity contribution in [2.24, 2.45) is 0 Å². The van der Waals surface area contributed by atoms with E-state index in [4.69, 9.17) is 0 Å². The van der Waals surface area contributed by atoms with Crippen molar-refractivity contribution in [2.75, 3.05) is 16.8 Å². The lowest BCUT2D eigenvalue weighted by Crippen LogP contribution is -2.30. The standard InChI is InChI=1S/C19H26N2/c1-2-4-10-16-14-19-15(8-3-1)9-7-13-21(19)18-12-6-5-11-17(18)20-16/h5-6,11-12,16,20H,1-4,7-10,13-14H2. The Hall–Kier alpha value is -1.44. The molecule has 0 aromatic heterocycles. The molecule has 1 aliphatic carbocycles. The molecule has 2 heteroatoms. The van der Waals surface area contributed by atoms with E-state index in [2.05, 4.69) is 34.5 Å². The molecular weight excluding hydrogens is 256 g/mol. The number of nitrogens with zero attached hydrogens (tertiary/aromatic N) is 1. The van der Waals surface area contributed by atoms with Crippen LogP contribution in [0.4, 0.5) is 11.4 Å². The number of allylic oxidation sites excluding steroid dienone is 1. The van der Waals surface area contributed by atoms with E-state index in [1.807, 2.05) is 0 Å². The Morgan fingerprint density at radius 2 is 1.81 bits per heavy atom. The molecule has 2 heterocycles. The molecule has 1 aromatic carbocycles. The van der Waals surface area contributed by atoms with Crippen LogP contribution in [-0.4, -0.2) is 12.6 Å². The molecule has 1 N–H and O–H groups in total. The number of anilines is 2. The van der Waals surface area contributed by atoms with Crippen LogP contribution in [0.15, 0.2) is 35.5 Å². The van der Waals surface area contributed by atoms with Crippen LogP contribution >= 0.6 is 0 Å². The molecule has 112 valence electrons. The zero-order valence-corrected chi connectivity index (χ0v) is 12.9. The van der Waals surface area contributed by atoms with Gasteiger partial charge in [0, 0.05) is 24.7 Å². The van der Waals surface area contributed by atoms with Crippen molar-refractivity contribution < 1.29 is 0 Å². The topological polar surface area (TPSA) is 15.3 Å². The third-order valence-electron chi connectivity index (χ3n) is 5.37. The predicted molar refractivity (Wildman–Crippen MR) is 89.8 cm³/mol. The normalized spacial score (nSPS) is 25.7. The lowest BCUT2D eigenvalue weighted by atomic mass is 9.90. The van der Waals surface area contributed by atoms with E-state index in [0.29, 0.717) is 6.04 Å². The summed E-state index contributed by atoms with van der Waals surface area (Å²) in [6, 6.07) is 9.54. The van der Waals surface area contributed by atoms with Crippen LogP contribution in [0.5, 0.6) is 0 Å². The number of hydrogen-bond acceptors (Lipinski definition) is 2. The van der Waals surface area contributed by atoms with Crippen LogP contribution in [0.25, 0.3) is 0 Å². The van der Waals surface area contributed by atoms with Gasteiger partial charge in [-0.15, -0.1) is 0 Å². The number of para-hydroxylation sites is 2. The molecule has 21 heavy (non-hydrogen) atoms. The molecule has 1 unspecified atom stereocenters. The van der Waals surface area contributed by atoms with E-state index < -0.39 is 0 Å². The Morgan fingerprint density at radius 1 is 0.952 bits per heavy atom. The summed E-state index contributed by atoms with van der Waals surface area (Å²) in [6.07, 6.45) is 12.1. The van der Waals surface area contributed by atoms with E-state index in [1.165, 1.54) is 75.7 Å². The van der Waals surface area contributed by atoms with E-state index in [1.54, 1.807) is 11.3 Å². The molecule has 0 fully saturated rings. The van der Waals surface area contributed by atoms with E-state index in [9.17, 15) is 0 Å². The first-order valence-corrected chi connectivity index (χ1v) is 8.76. The van der Waals surface area contributed by atoms with Gasteiger partial charge >= 0.3 is 0 Å². The molecule has 4 rings (SSSR count). The van der Waals surface area contributed by atoms with Crippen LogP contribution < -0.4 is 10.2 Å². The molecule has 2 bridgehead atoms. The minimum absolute atomic E-state index is 0.623. The second-order valence-corrected chi connectivity index (χ2v) is 6.82. The van der Waals surface area contributed by atoms with Crippen molar-refractivity contribution in [3.8, 4) is 0 Å². The van der Waals surface area contributed by atoms with Gasteiger partial charge in [0.05, 0.1) is 11.4 Å². The second kappa shape index (κ2) is 5.75. The SMILES string of the molecule is c1ccc2c(c1)NC1CCCCCCC3=C(C1)N2CCC3. The molecule has 0 saturated carbocycles. The molecule has 0 radical (unpaired) electrons. The van der Waals surface area contributed by atoms with Gasteiger partial charge in [-0.25, -0.2) is 0 Å². The Balaban J connectivity index is 1.80. The van der Waals surface area contributed by atoms with Crippen molar-refractivity contribution in [3.05, 3.63) is 35.5 Å². The lowest BCUT2D eigenvalue weighted by molar-refractivity contribution is 0.527. The molecule has 1 aromatic rings. The fraction of sp³-hybridized carbons (Fsp3) is 0.579. The predicted octanol–water partition coefficient (Wildman–Crippen LogP) is 5.08. The first-order valence-electron chi connectivity index (χ1n) is 8.76. The highest BCUT2D eigenvalue weighted by Crippen LogP contribution is 2.41. The van der Waals surface area contributed by atoms with Crippen LogP contribution in [0.1, 0.15) is 57.8 Å². The summed E-state index contributed by atoms with van der Waals surface area (Å²) in [5.41, 5.74) is 6.17. The largest absolute Gasteiger partial charge is 0.380 e. The molecular formula is C19H26N2. The molecule has 2 nitrogen and oxygen atoms in total. The van der Waals surface area contributed by atoms with Crippen LogP contribution in [0.3, 0.4) is 0 Å². The maximum atomic E-state index is 3.84. The van der Waals surface area contributed by atoms with Gasteiger partial charge < -0.3 is 10.2 Å². The van der Waals surface area contributed by atoms with Crippen LogP contribution in [-0.2, 0) is 0 Å². The smallest absolute Gasteiger partial charge is 0.0644 e. The Morgan fingerprint density at radius 3 is 2.81 bits per heavy atom. The summed E-state index contributed by atoms with van der Waals surface area (Å²) in [7, 11) is 0. The highest BCUT2D eigenvalue weighted by atomic mass is 15.2. The minimum atomic E-state index is 0.623. The van der Waals surface area contributed by atoms with Crippen molar-refractivity contribution in [2.45, 2.75) is 63.8 Å². The van der Waals surface area contributed by atoms with Gasteiger partial charge in [-0.2, -0.15) is 0 Å². The zero-order chi connectivity index (χ0) is 14.1. The number of rotatable bonds is 0. The van der Waals surface area contributed by atoms with Crippen LogP contribution in [0.2, 0.25) is 0 Å². The summed E-state index contributed by atoms with van der Waals surface area (Å²) in [5, 5.41) is 3.84. The number of fused-ring (bicyclic) bond motifs is 3. The van der Waals surface area contributed by atoms with Crippen molar-refractivity contribution in [3.63, 3.8) is 0 Å².